The summed E-state index contributed by atoms with van der Waals surface area (Å²) < 4.78 is 16.0. The summed E-state index contributed by atoms with van der Waals surface area (Å²) >= 11 is 0. The molecule has 0 fully saturated rings. The highest BCUT2D eigenvalue weighted by Gasteiger charge is 2.19. The monoisotopic (exact) mass is 357 g/mol. The molecule has 0 heterocycles. The van der Waals surface area contributed by atoms with Gasteiger partial charge in [-0.3, -0.25) is 4.79 Å². The van der Waals surface area contributed by atoms with Crippen molar-refractivity contribution in [3.63, 3.8) is 0 Å². The first kappa shape index (κ1) is 19.6. The molecule has 2 aromatic carbocycles. The summed E-state index contributed by atoms with van der Waals surface area (Å²) in [7, 11) is 4.60. The highest BCUT2D eigenvalue weighted by atomic mass is 16.5. The van der Waals surface area contributed by atoms with Crippen LogP contribution in [-0.2, 0) is 0 Å². The van der Waals surface area contributed by atoms with E-state index in [1.165, 1.54) is 32.5 Å². The Kier molecular flexibility index (Phi) is 6.50. The molecular weight excluding hydrogens is 330 g/mol. The van der Waals surface area contributed by atoms with Gasteiger partial charge in [-0.2, -0.15) is 0 Å². The Morgan fingerprint density at radius 1 is 0.962 bits per heavy atom. The van der Waals surface area contributed by atoms with Gasteiger partial charge in [-0.1, -0.05) is 25.1 Å². The van der Waals surface area contributed by atoms with Gasteiger partial charge in [0, 0.05) is 5.56 Å². The zero-order chi connectivity index (χ0) is 19.3. The van der Waals surface area contributed by atoms with Crippen LogP contribution in [0.25, 0.3) is 0 Å². The summed E-state index contributed by atoms with van der Waals surface area (Å²) in [5.74, 6) is 1.19. The molecule has 2 rings (SSSR count). The van der Waals surface area contributed by atoms with Crippen LogP contribution < -0.4 is 19.5 Å². The van der Waals surface area contributed by atoms with Crippen LogP contribution in [0.3, 0.4) is 0 Å². The van der Waals surface area contributed by atoms with Gasteiger partial charge in [0.15, 0.2) is 11.5 Å². The maximum Gasteiger partial charge on any atom is 0.252 e. The van der Waals surface area contributed by atoms with Crippen molar-refractivity contribution >= 4 is 5.91 Å². The number of carbonyl (C=O) groups excluding carboxylic acids is 1. The third-order valence-corrected chi connectivity index (χ3v) is 4.57. The molecule has 5 nitrogen and oxygen atoms in total. The minimum atomic E-state index is -0.186. The van der Waals surface area contributed by atoms with Gasteiger partial charge in [-0.05, 0) is 49.1 Å². The fourth-order valence-corrected chi connectivity index (χ4v) is 2.86. The van der Waals surface area contributed by atoms with E-state index >= 15 is 0 Å². The average Bonchev–Trinajstić information content (AvgIpc) is 2.66. The van der Waals surface area contributed by atoms with Gasteiger partial charge in [0.25, 0.3) is 5.91 Å². The fourth-order valence-electron chi connectivity index (χ4n) is 2.86. The zero-order valence-corrected chi connectivity index (χ0v) is 16.3. The molecule has 2 aromatic rings. The van der Waals surface area contributed by atoms with E-state index in [0.29, 0.717) is 22.8 Å². The standard InChI is InChI=1S/C21H27NO4/c1-7-17(15-9-8-13(2)14(3)10-15)22-21(23)16-11-18(24-4)20(26-6)19(12-16)25-5/h8-12,17H,7H2,1-6H3,(H,22,23)/t17-/m1/s1. The Hall–Kier alpha value is -2.69. The Bertz CT molecular complexity index is 761. The number of benzene rings is 2. The maximum absolute atomic E-state index is 12.8. The molecule has 26 heavy (non-hydrogen) atoms. The minimum absolute atomic E-state index is 0.0686. The number of amides is 1. The average molecular weight is 357 g/mol. The number of methoxy groups -OCH3 is 3. The fraction of sp³-hybridized carbons (Fsp3) is 0.381. The molecule has 0 bridgehead atoms. The molecule has 140 valence electrons. The molecule has 0 radical (unpaired) electrons. The lowest BCUT2D eigenvalue weighted by Crippen LogP contribution is -2.28. The lowest BCUT2D eigenvalue weighted by Gasteiger charge is -2.20. The second-order valence-electron chi connectivity index (χ2n) is 6.19. The van der Waals surface area contributed by atoms with Gasteiger partial charge in [0.2, 0.25) is 5.75 Å². The number of nitrogens with one attached hydrogen (secondary N) is 1. The smallest absolute Gasteiger partial charge is 0.252 e. The van der Waals surface area contributed by atoms with Crippen molar-refractivity contribution in [1.82, 2.24) is 5.32 Å². The lowest BCUT2D eigenvalue weighted by molar-refractivity contribution is 0.0934. The third-order valence-electron chi connectivity index (χ3n) is 4.57. The van der Waals surface area contributed by atoms with Crippen molar-refractivity contribution in [3.05, 3.63) is 52.6 Å². The van der Waals surface area contributed by atoms with Gasteiger partial charge in [-0.25, -0.2) is 0 Å². The molecule has 0 aliphatic heterocycles. The number of hydrogen-bond acceptors (Lipinski definition) is 4. The number of ether oxygens (including phenoxy) is 3. The van der Waals surface area contributed by atoms with Crippen molar-refractivity contribution in [1.29, 1.82) is 0 Å². The Labute approximate surface area is 155 Å². The van der Waals surface area contributed by atoms with Crippen molar-refractivity contribution in [2.24, 2.45) is 0 Å². The molecule has 0 aliphatic carbocycles. The van der Waals surface area contributed by atoms with Gasteiger partial charge in [0.05, 0.1) is 27.4 Å². The van der Waals surface area contributed by atoms with E-state index in [1.54, 1.807) is 12.1 Å². The summed E-state index contributed by atoms with van der Waals surface area (Å²) in [4.78, 5) is 12.8. The Balaban J connectivity index is 2.31. The number of rotatable bonds is 7. The van der Waals surface area contributed by atoms with Crippen LogP contribution in [0.4, 0.5) is 0 Å². The first-order chi connectivity index (χ1) is 12.4. The van der Waals surface area contributed by atoms with E-state index in [4.69, 9.17) is 14.2 Å². The van der Waals surface area contributed by atoms with E-state index in [2.05, 4.69) is 44.3 Å². The van der Waals surface area contributed by atoms with Crippen LogP contribution in [-0.4, -0.2) is 27.2 Å². The van der Waals surface area contributed by atoms with Crippen molar-refractivity contribution in [2.75, 3.05) is 21.3 Å². The molecule has 0 unspecified atom stereocenters. The number of aryl methyl sites for hydroxylation is 2. The molecule has 0 spiro atoms. The molecule has 5 heteroatoms. The number of carbonyl (C=O) groups is 1. The molecule has 0 aliphatic rings. The molecule has 1 atom stereocenters. The van der Waals surface area contributed by atoms with E-state index in [-0.39, 0.29) is 11.9 Å². The predicted molar refractivity (Wildman–Crippen MR) is 103 cm³/mol. The molecule has 0 aromatic heterocycles. The van der Waals surface area contributed by atoms with E-state index < -0.39 is 0 Å². The highest BCUT2D eigenvalue weighted by Crippen LogP contribution is 2.38. The molecular formula is C21H27NO4. The topological polar surface area (TPSA) is 56.8 Å². The van der Waals surface area contributed by atoms with Crippen molar-refractivity contribution < 1.29 is 19.0 Å². The predicted octanol–water partition coefficient (Wildman–Crippen LogP) is 4.21. The summed E-state index contributed by atoms with van der Waals surface area (Å²) in [6.45, 7) is 6.20. The van der Waals surface area contributed by atoms with Crippen molar-refractivity contribution in [3.8, 4) is 17.2 Å². The largest absolute Gasteiger partial charge is 0.493 e. The van der Waals surface area contributed by atoms with E-state index in [9.17, 15) is 4.79 Å². The normalized spacial score (nSPS) is 11.6. The first-order valence-electron chi connectivity index (χ1n) is 8.63. The SMILES string of the molecule is CC[C@@H](NC(=O)c1cc(OC)c(OC)c(OC)c1)c1ccc(C)c(C)c1. The van der Waals surface area contributed by atoms with Gasteiger partial charge in [-0.15, -0.1) is 0 Å². The van der Waals surface area contributed by atoms with Gasteiger partial charge >= 0.3 is 0 Å². The zero-order valence-electron chi connectivity index (χ0n) is 16.3. The van der Waals surface area contributed by atoms with Crippen LogP contribution in [0.2, 0.25) is 0 Å². The summed E-state index contributed by atoms with van der Waals surface area (Å²) in [6, 6.07) is 9.51. The summed E-state index contributed by atoms with van der Waals surface area (Å²) in [5, 5.41) is 3.10. The number of hydrogen-bond donors (Lipinski definition) is 1. The molecule has 0 saturated carbocycles. The van der Waals surface area contributed by atoms with Crippen LogP contribution in [0.1, 0.15) is 46.4 Å². The molecule has 1 N–H and O–H groups in total. The Morgan fingerprint density at radius 2 is 1.58 bits per heavy atom. The lowest BCUT2D eigenvalue weighted by atomic mass is 9.99. The van der Waals surface area contributed by atoms with Gasteiger partial charge in [0.1, 0.15) is 0 Å². The summed E-state index contributed by atoms with van der Waals surface area (Å²) in [5.41, 5.74) is 4.00. The van der Waals surface area contributed by atoms with Crippen LogP contribution in [0, 0.1) is 13.8 Å². The van der Waals surface area contributed by atoms with Crippen LogP contribution in [0.5, 0.6) is 17.2 Å². The Morgan fingerprint density at radius 3 is 2.04 bits per heavy atom. The molecule has 0 saturated heterocycles. The van der Waals surface area contributed by atoms with Crippen LogP contribution in [0.15, 0.2) is 30.3 Å². The van der Waals surface area contributed by atoms with E-state index in [0.717, 1.165) is 12.0 Å². The quantitative estimate of drug-likeness (QED) is 0.806. The van der Waals surface area contributed by atoms with Gasteiger partial charge < -0.3 is 19.5 Å². The second-order valence-corrected chi connectivity index (χ2v) is 6.19. The van der Waals surface area contributed by atoms with Crippen molar-refractivity contribution in [2.45, 2.75) is 33.2 Å². The van der Waals surface area contributed by atoms with Crippen LogP contribution >= 0.6 is 0 Å². The highest BCUT2D eigenvalue weighted by molar-refractivity contribution is 5.96. The summed E-state index contributed by atoms with van der Waals surface area (Å²) in [6.07, 6.45) is 0.790. The molecule has 1 amide bonds. The maximum atomic E-state index is 12.8. The van der Waals surface area contributed by atoms with E-state index in [1.807, 2.05) is 0 Å². The minimum Gasteiger partial charge on any atom is -0.493 e. The third kappa shape index (κ3) is 4.10. The second kappa shape index (κ2) is 8.61. The first-order valence-corrected chi connectivity index (χ1v) is 8.63.